The van der Waals surface area contributed by atoms with Gasteiger partial charge in [0.25, 0.3) is 0 Å². The van der Waals surface area contributed by atoms with E-state index in [1.165, 1.54) is 0 Å². The molecular formula is C10H17N3O2. The van der Waals surface area contributed by atoms with Crippen LogP contribution in [0.4, 0.5) is 0 Å². The Bertz CT molecular complexity index is 343. The average molecular weight is 211 g/mol. The molecule has 5 heteroatoms. The number of aliphatic hydroxyl groups excluding tert-OH is 1. The first kappa shape index (κ1) is 10.6. The van der Waals surface area contributed by atoms with E-state index < -0.39 is 0 Å². The van der Waals surface area contributed by atoms with Crippen molar-refractivity contribution in [2.24, 2.45) is 0 Å². The van der Waals surface area contributed by atoms with Gasteiger partial charge in [-0.05, 0) is 6.42 Å². The third-order valence-corrected chi connectivity index (χ3v) is 2.52. The van der Waals surface area contributed by atoms with E-state index in [-0.39, 0.29) is 17.6 Å². The molecule has 15 heavy (non-hydrogen) atoms. The average Bonchev–Trinajstić information content (AvgIpc) is 2.69. The number of nitrogens with zero attached hydrogens (tertiary/aromatic N) is 2. The maximum Gasteiger partial charge on any atom is 0.243 e. The van der Waals surface area contributed by atoms with E-state index >= 15 is 0 Å². The van der Waals surface area contributed by atoms with Gasteiger partial charge < -0.3 is 14.9 Å². The molecule has 1 aromatic heterocycles. The normalized spacial score (nSPS) is 27.2. The molecule has 1 saturated heterocycles. The topological polar surface area (TPSA) is 71.2 Å². The highest BCUT2D eigenvalue weighted by Gasteiger charge is 2.30. The second-order valence-electron chi connectivity index (χ2n) is 5.06. The van der Waals surface area contributed by atoms with Gasteiger partial charge in [0.1, 0.15) is 0 Å². The van der Waals surface area contributed by atoms with Gasteiger partial charge in [-0.3, -0.25) is 0 Å². The third kappa shape index (κ3) is 2.18. The molecule has 0 radical (unpaired) electrons. The number of β-amino-alcohol motifs (C(OH)–C–C–N with tert-alkyl or cyclic N) is 1. The van der Waals surface area contributed by atoms with Crippen LogP contribution in [0.5, 0.6) is 0 Å². The lowest BCUT2D eigenvalue weighted by atomic mass is 9.96. The molecule has 2 N–H and O–H groups in total. The van der Waals surface area contributed by atoms with Gasteiger partial charge in [-0.25, -0.2) is 0 Å². The number of hydrogen-bond acceptors (Lipinski definition) is 5. The van der Waals surface area contributed by atoms with Crippen LogP contribution in [0.1, 0.15) is 44.9 Å². The molecular weight excluding hydrogens is 194 g/mol. The zero-order valence-electron chi connectivity index (χ0n) is 9.32. The highest BCUT2D eigenvalue weighted by molar-refractivity contribution is 5.03. The van der Waals surface area contributed by atoms with Crippen molar-refractivity contribution < 1.29 is 9.63 Å². The van der Waals surface area contributed by atoms with Gasteiger partial charge in [-0.2, -0.15) is 4.98 Å². The van der Waals surface area contributed by atoms with Crippen molar-refractivity contribution in [2.45, 2.75) is 44.8 Å². The summed E-state index contributed by atoms with van der Waals surface area (Å²) in [4.78, 5) is 4.35. The van der Waals surface area contributed by atoms with Crippen molar-refractivity contribution in [1.29, 1.82) is 0 Å². The van der Waals surface area contributed by atoms with Crippen LogP contribution in [-0.4, -0.2) is 27.9 Å². The lowest BCUT2D eigenvalue weighted by Gasteiger charge is -2.11. The SMILES string of the molecule is CC(C)(C)c1noc([C@H]2C[C@@H](O)CN2)n1. The van der Waals surface area contributed by atoms with Crippen LogP contribution < -0.4 is 5.32 Å². The number of hydrogen-bond donors (Lipinski definition) is 2. The minimum Gasteiger partial charge on any atom is -0.392 e. The van der Waals surface area contributed by atoms with Crippen LogP contribution in [0.15, 0.2) is 4.52 Å². The minimum absolute atomic E-state index is 0.00333. The smallest absolute Gasteiger partial charge is 0.243 e. The Kier molecular flexibility index (Phi) is 2.52. The molecule has 0 bridgehead atoms. The highest BCUT2D eigenvalue weighted by Crippen LogP contribution is 2.25. The van der Waals surface area contributed by atoms with Crippen LogP contribution in [0.25, 0.3) is 0 Å². The predicted octanol–water partition coefficient (Wildman–Crippen LogP) is 0.762. The molecule has 5 nitrogen and oxygen atoms in total. The molecule has 0 aromatic carbocycles. The molecule has 0 saturated carbocycles. The molecule has 2 heterocycles. The summed E-state index contributed by atoms with van der Waals surface area (Å²) in [5, 5.41) is 16.5. The summed E-state index contributed by atoms with van der Waals surface area (Å²) in [5.74, 6) is 1.29. The standard InChI is InChI=1S/C10H17N3O2/c1-10(2,3)9-12-8(15-13-9)7-4-6(14)5-11-7/h6-7,11,14H,4-5H2,1-3H3/t6-,7-/m1/s1. The Hall–Kier alpha value is -0.940. The summed E-state index contributed by atoms with van der Waals surface area (Å²) in [6, 6.07) is 0.00333. The number of rotatable bonds is 1. The van der Waals surface area contributed by atoms with E-state index in [0.29, 0.717) is 24.7 Å². The van der Waals surface area contributed by atoms with Crippen molar-refractivity contribution >= 4 is 0 Å². The molecule has 1 aliphatic heterocycles. The summed E-state index contributed by atoms with van der Waals surface area (Å²) >= 11 is 0. The molecule has 1 fully saturated rings. The Morgan fingerprint density at radius 2 is 2.20 bits per heavy atom. The molecule has 0 aliphatic carbocycles. The first-order valence-electron chi connectivity index (χ1n) is 5.22. The van der Waals surface area contributed by atoms with Crippen LogP contribution in [0.3, 0.4) is 0 Å². The fraction of sp³-hybridized carbons (Fsp3) is 0.800. The highest BCUT2D eigenvalue weighted by atomic mass is 16.5. The number of aliphatic hydroxyl groups is 1. The third-order valence-electron chi connectivity index (χ3n) is 2.52. The van der Waals surface area contributed by atoms with Crippen molar-refractivity contribution in [3.8, 4) is 0 Å². The van der Waals surface area contributed by atoms with Crippen LogP contribution >= 0.6 is 0 Å². The van der Waals surface area contributed by atoms with Gasteiger partial charge in [0, 0.05) is 12.0 Å². The van der Waals surface area contributed by atoms with E-state index in [2.05, 4.69) is 15.5 Å². The number of aromatic nitrogens is 2. The van der Waals surface area contributed by atoms with Crippen molar-refractivity contribution in [3.05, 3.63) is 11.7 Å². The lowest BCUT2D eigenvalue weighted by Crippen LogP contribution is -2.16. The van der Waals surface area contributed by atoms with Crippen molar-refractivity contribution in [1.82, 2.24) is 15.5 Å². The van der Waals surface area contributed by atoms with Gasteiger partial charge in [-0.1, -0.05) is 25.9 Å². The largest absolute Gasteiger partial charge is 0.392 e. The van der Waals surface area contributed by atoms with Gasteiger partial charge in [-0.15, -0.1) is 0 Å². The Morgan fingerprint density at radius 3 is 2.67 bits per heavy atom. The lowest BCUT2D eigenvalue weighted by molar-refractivity contribution is 0.191. The van der Waals surface area contributed by atoms with Gasteiger partial charge in [0.2, 0.25) is 5.89 Å². The molecule has 2 atom stereocenters. The fourth-order valence-electron chi connectivity index (χ4n) is 1.59. The Morgan fingerprint density at radius 1 is 1.47 bits per heavy atom. The molecule has 0 spiro atoms. The minimum atomic E-state index is -0.306. The van der Waals surface area contributed by atoms with E-state index in [9.17, 15) is 5.11 Å². The Balaban J connectivity index is 2.14. The zero-order valence-corrected chi connectivity index (χ0v) is 9.32. The summed E-state index contributed by atoms with van der Waals surface area (Å²) in [6.45, 7) is 6.72. The van der Waals surface area contributed by atoms with Crippen LogP contribution in [0, 0.1) is 0 Å². The summed E-state index contributed by atoms with van der Waals surface area (Å²) < 4.78 is 5.19. The van der Waals surface area contributed by atoms with Crippen LogP contribution in [0.2, 0.25) is 0 Å². The summed E-state index contributed by atoms with van der Waals surface area (Å²) in [5.41, 5.74) is -0.0982. The monoisotopic (exact) mass is 211 g/mol. The van der Waals surface area contributed by atoms with E-state index in [1.54, 1.807) is 0 Å². The molecule has 0 unspecified atom stereocenters. The van der Waals surface area contributed by atoms with Gasteiger partial charge >= 0.3 is 0 Å². The maximum absolute atomic E-state index is 9.38. The summed E-state index contributed by atoms with van der Waals surface area (Å²) in [7, 11) is 0. The first-order valence-corrected chi connectivity index (χ1v) is 5.22. The molecule has 84 valence electrons. The van der Waals surface area contributed by atoms with Crippen molar-refractivity contribution in [2.75, 3.05) is 6.54 Å². The van der Waals surface area contributed by atoms with Crippen LogP contribution in [-0.2, 0) is 5.41 Å². The Labute approximate surface area is 88.9 Å². The van der Waals surface area contributed by atoms with E-state index in [4.69, 9.17) is 4.52 Å². The molecule has 1 aliphatic rings. The molecule has 1 aromatic rings. The van der Waals surface area contributed by atoms with E-state index in [0.717, 1.165) is 0 Å². The second kappa shape index (κ2) is 3.57. The fourth-order valence-corrected chi connectivity index (χ4v) is 1.59. The summed E-state index contributed by atoms with van der Waals surface area (Å²) in [6.07, 6.45) is 0.339. The van der Waals surface area contributed by atoms with E-state index in [1.807, 2.05) is 20.8 Å². The number of nitrogens with one attached hydrogen (secondary N) is 1. The van der Waals surface area contributed by atoms with Gasteiger partial charge in [0.15, 0.2) is 5.82 Å². The maximum atomic E-state index is 9.38. The first-order chi connectivity index (χ1) is 6.97. The quantitative estimate of drug-likeness (QED) is 0.717. The molecule has 2 rings (SSSR count). The second-order valence-corrected chi connectivity index (χ2v) is 5.06. The van der Waals surface area contributed by atoms with Crippen molar-refractivity contribution in [3.63, 3.8) is 0 Å². The van der Waals surface area contributed by atoms with Gasteiger partial charge in [0.05, 0.1) is 12.1 Å². The molecule has 0 amide bonds. The zero-order chi connectivity index (χ0) is 11.1. The predicted molar refractivity (Wildman–Crippen MR) is 54.4 cm³/mol.